The van der Waals surface area contributed by atoms with Gasteiger partial charge in [0.2, 0.25) is 0 Å². The summed E-state index contributed by atoms with van der Waals surface area (Å²) in [6, 6.07) is 23.0. The van der Waals surface area contributed by atoms with E-state index in [1.807, 2.05) is 73.8 Å². The molecule has 2 aromatic carbocycles. The lowest BCUT2D eigenvalue weighted by molar-refractivity contribution is 0.0942. The smallest absolute Gasteiger partial charge is 0.255 e. The molecule has 0 spiro atoms. The average molecular weight is 375 g/mol. The van der Waals surface area contributed by atoms with E-state index in [4.69, 9.17) is 4.74 Å². The number of carbonyl (C=O) groups is 1. The predicted molar refractivity (Wildman–Crippen MR) is 110 cm³/mol. The molecule has 1 atom stereocenters. The Hall–Kier alpha value is -3.18. The number of para-hydroxylation sites is 1. The molecule has 0 saturated heterocycles. The maximum Gasteiger partial charge on any atom is 0.255 e. The average Bonchev–Trinajstić information content (AvgIpc) is 2.76. The van der Waals surface area contributed by atoms with Crippen LogP contribution in [0.2, 0.25) is 0 Å². The fourth-order valence-electron chi connectivity index (χ4n) is 2.92. The summed E-state index contributed by atoms with van der Waals surface area (Å²) in [6.45, 7) is 1.18. The molecule has 2 N–H and O–H groups in total. The van der Waals surface area contributed by atoms with Crippen LogP contribution in [-0.2, 0) is 6.54 Å². The SMILES string of the molecule is CNCCC(Oc1ccccc1C(=O)NCc1ccccn1)c1ccccc1. The van der Waals surface area contributed by atoms with Gasteiger partial charge in [-0.1, -0.05) is 48.5 Å². The summed E-state index contributed by atoms with van der Waals surface area (Å²) in [6.07, 6.45) is 2.37. The first-order valence-electron chi connectivity index (χ1n) is 9.41. The van der Waals surface area contributed by atoms with Crippen molar-refractivity contribution in [3.63, 3.8) is 0 Å². The molecule has 1 amide bonds. The lowest BCUT2D eigenvalue weighted by Gasteiger charge is -2.21. The van der Waals surface area contributed by atoms with Crippen LogP contribution in [0.3, 0.4) is 0 Å². The number of benzene rings is 2. The summed E-state index contributed by atoms with van der Waals surface area (Å²) < 4.78 is 6.29. The number of nitrogens with one attached hydrogen (secondary N) is 2. The van der Waals surface area contributed by atoms with Gasteiger partial charge in [0.25, 0.3) is 5.91 Å². The minimum atomic E-state index is -0.179. The number of amides is 1. The second kappa shape index (κ2) is 10.2. The zero-order valence-corrected chi connectivity index (χ0v) is 16.0. The highest BCUT2D eigenvalue weighted by Crippen LogP contribution is 2.27. The Kier molecular flexibility index (Phi) is 7.15. The standard InChI is InChI=1S/C23H25N3O2/c1-24-16-14-21(18-9-3-2-4-10-18)28-22-13-6-5-12-20(22)23(27)26-17-19-11-7-8-15-25-19/h2-13,15,21,24H,14,16-17H2,1H3,(H,26,27). The van der Waals surface area contributed by atoms with Crippen LogP contribution in [-0.4, -0.2) is 24.5 Å². The van der Waals surface area contributed by atoms with Gasteiger partial charge in [0.05, 0.1) is 17.8 Å². The zero-order valence-electron chi connectivity index (χ0n) is 16.0. The Morgan fingerprint density at radius 2 is 1.75 bits per heavy atom. The third-order valence-corrected chi connectivity index (χ3v) is 4.39. The predicted octanol–water partition coefficient (Wildman–Crippen LogP) is 3.74. The van der Waals surface area contributed by atoms with E-state index in [2.05, 4.69) is 15.6 Å². The number of hydrogen-bond donors (Lipinski definition) is 2. The monoisotopic (exact) mass is 375 g/mol. The Morgan fingerprint density at radius 1 is 1.00 bits per heavy atom. The highest BCUT2D eigenvalue weighted by molar-refractivity contribution is 5.96. The number of carbonyl (C=O) groups excluding carboxylic acids is 1. The molecule has 0 fully saturated rings. The van der Waals surface area contributed by atoms with Gasteiger partial charge in [-0.3, -0.25) is 9.78 Å². The summed E-state index contributed by atoms with van der Waals surface area (Å²) >= 11 is 0. The van der Waals surface area contributed by atoms with Gasteiger partial charge in [-0.15, -0.1) is 0 Å². The molecular weight excluding hydrogens is 350 g/mol. The first kappa shape index (κ1) is 19.6. The Bertz CT molecular complexity index is 869. The summed E-state index contributed by atoms with van der Waals surface area (Å²) in [7, 11) is 1.92. The third kappa shape index (κ3) is 5.41. The molecule has 1 aromatic heterocycles. The van der Waals surface area contributed by atoms with Crippen LogP contribution in [0.15, 0.2) is 79.0 Å². The number of hydrogen-bond acceptors (Lipinski definition) is 4. The van der Waals surface area contributed by atoms with Gasteiger partial charge in [0.15, 0.2) is 0 Å². The molecule has 5 nitrogen and oxygen atoms in total. The van der Waals surface area contributed by atoms with E-state index in [-0.39, 0.29) is 12.0 Å². The molecule has 0 aliphatic rings. The first-order valence-corrected chi connectivity index (χ1v) is 9.41. The van der Waals surface area contributed by atoms with Crippen molar-refractivity contribution in [2.75, 3.05) is 13.6 Å². The first-order chi connectivity index (χ1) is 13.8. The van der Waals surface area contributed by atoms with Crippen molar-refractivity contribution in [2.45, 2.75) is 19.1 Å². The molecule has 5 heteroatoms. The number of nitrogens with zero attached hydrogens (tertiary/aromatic N) is 1. The highest BCUT2D eigenvalue weighted by atomic mass is 16.5. The zero-order chi connectivity index (χ0) is 19.6. The summed E-state index contributed by atoms with van der Waals surface area (Å²) in [5.41, 5.74) is 2.41. The van der Waals surface area contributed by atoms with Crippen LogP contribution in [0.25, 0.3) is 0 Å². The van der Waals surface area contributed by atoms with Crippen molar-refractivity contribution >= 4 is 5.91 Å². The van der Waals surface area contributed by atoms with Crippen molar-refractivity contribution in [2.24, 2.45) is 0 Å². The van der Waals surface area contributed by atoms with Crippen LogP contribution < -0.4 is 15.4 Å². The van der Waals surface area contributed by atoms with E-state index in [1.165, 1.54) is 0 Å². The minimum absolute atomic E-state index is 0.140. The van der Waals surface area contributed by atoms with Gasteiger partial charge >= 0.3 is 0 Å². The van der Waals surface area contributed by atoms with Crippen molar-refractivity contribution < 1.29 is 9.53 Å². The third-order valence-electron chi connectivity index (χ3n) is 4.39. The van der Waals surface area contributed by atoms with Crippen LogP contribution in [0.4, 0.5) is 0 Å². The van der Waals surface area contributed by atoms with Gasteiger partial charge < -0.3 is 15.4 Å². The number of rotatable bonds is 9. The quantitative estimate of drug-likeness (QED) is 0.598. The fourth-order valence-corrected chi connectivity index (χ4v) is 2.92. The van der Waals surface area contributed by atoms with Crippen LogP contribution in [0.1, 0.15) is 34.1 Å². The summed E-state index contributed by atoms with van der Waals surface area (Å²) in [4.78, 5) is 17.0. The molecule has 0 aliphatic heterocycles. The van der Waals surface area contributed by atoms with E-state index < -0.39 is 0 Å². The van der Waals surface area contributed by atoms with Crippen molar-refractivity contribution in [3.05, 3.63) is 95.8 Å². The molecule has 144 valence electrons. The molecule has 3 rings (SSSR count). The van der Waals surface area contributed by atoms with Crippen LogP contribution in [0.5, 0.6) is 5.75 Å². The summed E-state index contributed by atoms with van der Waals surface area (Å²) in [5.74, 6) is 0.396. The normalized spacial score (nSPS) is 11.6. The second-order valence-electron chi connectivity index (χ2n) is 6.41. The van der Waals surface area contributed by atoms with E-state index in [1.54, 1.807) is 12.3 Å². The Morgan fingerprint density at radius 3 is 2.50 bits per heavy atom. The Balaban J connectivity index is 1.75. The number of pyridine rings is 1. The molecule has 28 heavy (non-hydrogen) atoms. The van der Waals surface area contributed by atoms with E-state index >= 15 is 0 Å². The van der Waals surface area contributed by atoms with E-state index in [0.717, 1.165) is 24.2 Å². The molecule has 1 heterocycles. The van der Waals surface area contributed by atoms with E-state index in [9.17, 15) is 4.79 Å². The van der Waals surface area contributed by atoms with E-state index in [0.29, 0.717) is 17.9 Å². The largest absolute Gasteiger partial charge is 0.485 e. The van der Waals surface area contributed by atoms with Crippen molar-refractivity contribution in [1.29, 1.82) is 0 Å². The summed E-state index contributed by atoms with van der Waals surface area (Å²) in [5, 5.41) is 6.08. The van der Waals surface area contributed by atoms with Crippen molar-refractivity contribution in [3.8, 4) is 5.75 Å². The van der Waals surface area contributed by atoms with Crippen molar-refractivity contribution in [1.82, 2.24) is 15.6 Å². The maximum atomic E-state index is 12.7. The second-order valence-corrected chi connectivity index (χ2v) is 6.41. The van der Waals surface area contributed by atoms with Gasteiger partial charge in [0, 0.05) is 12.6 Å². The lowest BCUT2D eigenvalue weighted by atomic mass is 10.1. The number of aromatic nitrogens is 1. The molecule has 0 bridgehead atoms. The molecule has 0 saturated carbocycles. The maximum absolute atomic E-state index is 12.7. The highest BCUT2D eigenvalue weighted by Gasteiger charge is 2.18. The molecule has 0 aliphatic carbocycles. The minimum Gasteiger partial charge on any atom is -0.485 e. The Labute approximate surface area is 165 Å². The van der Waals surface area contributed by atoms with Crippen LogP contribution >= 0.6 is 0 Å². The molecule has 3 aromatic rings. The molecule has 0 radical (unpaired) electrons. The van der Waals surface area contributed by atoms with Gasteiger partial charge in [-0.2, -0.15) is 0 Å². The van der Waals surface area contributed by atoms with Gasteiger partial charge in [-0.25, -0.2) is 0 Å². The lowest BCUT2D eigenvalue weighted by Crippen LogP contribution is -2.24. The fraction of sp³-hybridized carbons (Fsp3) is 0.217. The van der Waals surface area contributed by atoms with Gasteiger partial charge in [0.1, 0.15) is 11.9 Å². The molecule has 1 unspecified atom stereocenters. The van der Waals surface area contributed by atoms with Crippen LogP contribution in [0, 0.1) is 0 Å². The van der Waals surface area contributed by atoms with Gasteiger partial charge in [-0.05, 0) is 43.4 Å². The topological polar surface area (TPSA) is 63.2 Å². The molecular formula is C23H25N3O2. The number of ether oxygens (including phenoxy) is 1.